The van der Waals surface area contributed by atoms with Crippen molar-refractivity contribution < 1.29 is 13.2 Å². The van der Waals surface area contributed by atoms with Crippen molar-refractivity contribution >= 4 is 5.69 Å². The zero-order chi connectivity index (χ0) is 15.6. The van der Waals surface area contributed by atoms with Gasteiger partial charge in [0.1, 0.15) is 0 Å². The Hall–Kier alpha value is -1.23. The first kappa shape index (κ1) is 16.8. The molecule has 0 unspecified atom stereocenters. The SMILES string of the molecule is CCC(C)(C)N(C)c1ccc(CCN)c(C(F)(F)F)c1. The highest BCUT2D eigenvalue weighted by atomic mass is 19.4. The average molecular weight is 288 g/mol. The highest BCUT2D eigenvalue weighted by molar-refractivity contribution is 5.53. The number of halogens is 3. The van der Waals surface area contributed by atoms with Crippen molar-refractivity contribution in [2.24, 2.45) is 5.73 Å². The predicted octanol–water partition coefficient (Wildman–Crippen LogP) is 3.83. The van der Waals surface area contributed by atoms with Gasteiger partial charge in [-0.25, -0.2) is 0 Å². The highest BCUT2D eigenvalue weighted by Crippen LogP contribution is 2.36. The van der Waals surface area contributed by atoms with Crippen molar-refractivity contribution in [2.75, 3.05) is 18.5 Å². The summed E-state index contributed by atoms with van der Waals surface area (Å²) in [6, 6.07) is 4.49. The molecule has 0 bridgehead atoms. The molecule has 2 N–H and O–H groups in total. The van der Waals surface area contributed by atoms with Crippen molar-refractivity contribution in [3.8, 4) is 0 Å². The Morgan fingerprint density at radius 1 is 1.20 bits per heavy atom. The van der Waals surface area contributed by atoms with E-state index in [0.717, 1.165) is 6.42 Å². The molecule has 20 heavy (non-hydrogen) atoms. The molecule has 5 heteroatoms. The molecule has 0 aromatic heterocycles. The van der Waals surface area contributed by atoms with Crippen LogP contribution in [0.15, 0.2) is 18.2 Å². The molecule has 0 aliphatic heterocycles. The minimum absolute atomic E-state index is 0.196. The number of nitrogens with zero attached hydrogens (tertiary/aromatic N) is 1. The lowest BCUT2D eigenvalue weighted by Crippen LogP contribution is -2.40. The van der Waals surface area contributed by atoms with E-state index in [-0.39, 0.29) is 24.1 Å². The summed E-state index contributed by atoms with van der Waals surface area (Å²) >= 11 is 0. The number of rotatable bonds is 5. The smallest absolute Gasteiger partial charge is 0.369 e. The maximum absolute atomic E-state index is 13.1. The maximum atomic E-state index is 13.1. The lowest BCUT2D eigenvalue weighted by Gasteiger charge is -2.37. The Morgan fingerprint density at radius 2 is 1.80 bits per heavy atom. The Labute approximate surface area is 118 Å². The molecule has 0 saturated carbocycles. The van der Waals surface area contributed by atoms with Crippen LogP contribution in [0, 0.1) is 0 Å². The van der Waals surface area contributed by atoms with E-state index < -0.39 is 11.7 Å². The Kier molecular flexibility index (Phi) is 5.08. The molecule has 0 amide bonds. The molecular weight excluding hydrogens is 265 g/mol. The standard InChI is InChI=1S/C15H23F3N2/c1-5-14(2,3)20(4)12-7-6-11(8-9-19)13(10-12)15(16,17)18/h6-7,10H,5,8-9,19H2,1-4H3. The molecule has 0 aliphatic carbocycles. The number of hydrogen-bond acceptors (Lipinski definition) is 2. The van der Waals surface area contributed by atoms with Gasteiger partial charge in [-0.1, -0.05) is 13.0 Å². The first-order valence-electron chi connectivity index (χ1n) is 6.77. The van der Waals surface area contributed by atoms with Gasteiger partial charge >= 0.3 is 6.18 Å². The van der Waals surface area contributed by atoms with E-state index >= 15 is 0 Å². The number of benzene rings is 1. The van der Waals surface area contributed by atoms with Gasteiger partial charge in [0.15, 0.2) is 0 Å². The lowest BCUT2D eigenvalue weighted by atomic mass is 9.97. The normalized spacial score (nSPS) is 12.6. The van der Waals surface area contributed by atoms with E-state index in [9.17, 15) is 13.2 Å². The molecule has 0 aliphatic rings. The summed E-state index contributed by atoms with van der Waals surface area (Å²) in [5.41, 5.74) is 5.43. The van der Waals surface area contributed by atoms with Crippen molar-refractivity contribution in [1.29, 1.82) is 0 Å². The van der Waals surface area contributed by atoms with Crippen LogP contribution in [0.4, 0.5) is 18.9 Å². The van der Waals surface area contributed by atoms with Crippen LogP contribution < -0.4 is 10.6 Å². The van der Waals surface area contributed by atoms with Crippen LogP contribution in [0.2, 0.25) is 0 Å². The molecule has 0 radical (unpaired) electrons. The summed E-state index contributed by atoms with van der Waals surface area (Å²) < 4.78 is 39.4. The van der Waals surface area contributed by atoms with Crippen LogP contribution in [0.1, 0.15) is 38.3 Å². The maximum Gasteiger partial charge on any atom is 0.416 e. The predicted molar refractivity (Wildman–Crippen MR) is 77.0 cm³/mol. The third kappa shape index (κ3) is 3.66. The summed E-state index contributed by atoms with van der Waals surface area (Å²) in [5, 5.41) is 0. The molecule has 1 aromatic rings. The van der Waals surface area contributed by atoms with Crippen molar-refractivity contribution in [3.05, 3.63) is 29.3 Å². The summed E-state index contributed by atoms with van der Waals surface area (Å²) in [6.07, 6.45) is -3.27. The Balaban J connectivity index is 3.26. The minimum Gasteiger partial charge on any atom is -0.369 e. The molecule has 0 spiro atoms. The van der Waals surface area contributed by atoms with Crippen molar-refractivity contribution in [1.82, 2.24) is 0 Å². The molecule has 0 fully saturated rings. The fourth-order valence-corrected chi connectivity index (χ4v) is 2.00. The van der Waals surface area contributed by atoms with Crippen LogP contribution in [-0.2, 0) is 12.6 Å². The van der Waals surface area contributed by atoms with E-state index in [2.05, 4.69) is 0 Å². The topological polar surface area (TPSA) is 29.3 Å². The summed E-state index contributed by atoms with van der Waals surface area (Å²) in [5.74, 6) is 0. The molecule has 0 atom stereocenters. The second kappa shape index (κ2) is 6.04. The first-order chi connectivity index (χ1) is 9.13. The van der Waals surface area contributed by atoms with E-state index in [1.807, 2.05) is 32.7 Å². The van der Waals surface area contributed by atoms with Crippen molar-refractivity contribution in [3.63, 3.8) is 0 Å². The van der Waals surface area contributed by atoms with Gasteiger partial charge < -0.3 is 10.6 Å². The number of alkyl halides is 3. The van der Waals surface area contributed by atoms with E-state index in [1.165, 1.54) is 12.1 Å². The second-order valence-electron chi connectivity index (χ2n) is 5.60. The molecule has 1 aromatic carbocycles. The Bertz CT molecular complexity index is 453. The van der Waals surface area contributed by atoms with Gasteiger partial charge in [0.2, 0.25) is 0 Å². The molecule has 2 nitrogen and oxygen atoms in total. The van der Waals surface area contributed by atoms with Crippen LogP contribution in [0.5, 0.6) is 0 Å². The summed E-state index contributed by atoms with van der Waals surface area (Å²) in [7, 11) is 1.82. The van der Waals surface area contributed by atoms with Gasteiger partial charge in [0.05, 0.1) is 5.56 Å². The Morgan fingerprint density at radius 3 is 2.25 bits per heavy atom. The highest BCUT2D eigenvalue weighted by Gasteiger charge is 2.34. The van der Waals surface area contributed by atoms with Crippen LogP contribution >= 0.6 is 0 Å². The third-order valence-corrected chi connectivity index (χ3v) is 3.97. The van der Waals surface area contributed by atoms with Gasteiger partial charge in [-0.2, -0.15) is 13.2 Å². The van der Waals surface area contributed by atoms with Gasteiger partial charge in [-0.15, -0.1) is 0 Å². The fraction of sp³-hybridized carbons (Fsp3) is 0.600. The second-order valence-corrected chi connectivity index (χ2v) is 5.60. The average Bonchev–Trinajstić information content (AvgIpc) is 2.37. The summed E-state index contributed by atoms with van der Waals surface area (Å²) in [6.45, 7) is 6.24. The van der Waals surface area contributed by atoms with Crippen LogP contribution in [-0.4, -0.2) is 19.1 Å². The summed E-state index contributed by atoms with van der Waals surface area (Å²) in [4.78, 5) is 1.88. The van der Waals surface area contributed by atoms with Gasteiger partial charge in [0.25, 0.3) is 0 Å². The molecule has 1 rings (SSSR count). The quantitative estimate of drug-likeness (QED) is 0.892. The van der Waals surface area contributed by atoms with Gasteiger partial charge in [0, 0.05) is 18.3 Å². The fourth-order valence-electron chi connectivity index (χ4n) is 2.00. The first-order valence-corrected chi connectivity index (χ1v) is 6.77. The zero-order valence-corrected chi connectivity index (χ0v) is 12.5. The van der Waals surface area contributed by atoms with Gasteiger partial charge in [-0.05, 0) is 50.9 Å². The molecule has 0 saturated heterocycles. The van der Waals surface area contributed by atoms with E-state index in [0.29, 0.717) is 5.69 Å². The third-order valence-electron chi connectivity index (χ3n) is 3.97. The van der Waals surface area contributed by atoms with Crippen LogP contribution in [0.3, 0.4) is 0 Å². The number of nitrogens with two attached hydrogens (primary N) is 1. The van der Waals surface area contributed by atoms with Gasteiger partial charge in [-0.3, -0.25) is 0 Å². The molecular formula is C15H23F3N2. The van der Waals surface area contributed by atoms with E-state index in [1.54, 1.807) is 6.07 Å². The molecule has 0 heterocycles. The largest absolute Gasteiger partial charge is 0.416 e. The number of hydrogen-bond donors (Lipinski definition) is 1. The minimum atomic E-state index is -4.35. The zero-order valence-electron chi connectivity index (χ0n) is 12.5. The van der Waals surface area contributed by atoms with Crippen molar-refractivity contribution in [2.45, 2.75) is 45.3 Å². The van der Waals surface area contributed by atoms with Crippen LogP contribution in [0.25, 0.3) is 0 Å². The van der Waals surface area contributed by atoms with E-state index in [4.69, 9.17) is 5.73 Å². The molecule has 114 valence electrons. The lowest BCUT2D eigenvalue weighted by molar-refractivity contribution is -0.138. The number of anilines is 1. The monoisotopic (exact) mass is 288 g/mol.